The molecule has 0 atom stereocenters. The van der Waals surface area contributed by atoms with Crippen LogP contribution < -0.4 is 0 Å². The number of hydrogen-bond donors (Lipinski definition) is 1. The van der Waals surface area contributed by atoms with Gasteiger partial charge in [-0.15, -0.1) is 34.4 Å². The number of benzene rings is 2. The number of aromatic nitrogens is 1. The van der Waals surface area contributed by atoms with Crippen LogP contribution >= 0.6 is 0 Å². The number of carbonyl (C=O) groups is 1. The van der Waals surface area contributed by atoms with E-state index in [1.165, 1.54) is 39.1 Å². The van der Waals surface area contributed by atoms with Crippen molar-refractivity contribution in [2.45, 2.75) is 69.2 Å². The molecule has 3 rings (SSSR count). The molecule has 0 bridgehead atoms. The molecule has 0 fully saturated rings. The van der Waals surface area contributed by atoms with Crippen LogP contribution in [0.1, 0.15) is 63.8 Å². The van der Waals surface area contributed by atoms with E-state index in [4.69, 9.17) is 0 Å². The van der Waals surface area contributed by atoms with Crippen LogP contribution in [0.5, 0.6) is 0 Å². The molecule has 4 heteroatoms. The van der Waals surface area contributed by atoms with Gasteiger partial charge in [0.2, 0.25) is 0 Å². The van der Waals surface area contributed by atoms with E-state index in [1.807, 2.05) is 47.7 Å². The summed E-state index contributed by atoms with van der Waals surface area (Å²) >= 11 is 0. The average Bonchev–Trinajstić information content (AvgIpc) is 2.70. The second kappa shape index (κ2) is 11.4. The quantitative estimate of drug-likeness (QED) is 0.176. The van der Waals surface area contributed by atoms with E-state index < -0.39 is 5.41 Å². The molecule has 1 N–H and O–H groups in total. The van der Waals surface area contributed by atoms with Crippen molar-refractivity contribution >= 4 is 16.6 Å². The van der Waals surface area contributed by atoms with E-state index in [0.29, 0.717) is 0 Å². The monoisotopic (exact) mass is 637 g/mol. The van der Waals surface area contributed by atoms with Gasteiger partial charge in [-0.1, -0.05) is 92.1 Å². The first-order valence-corrected chi connectivity index (χ1v) is 11.4. The number of aliphatic hydroxyl groups is 1. The van der Waals surface area contributed by atoms with Crippen molar-refractivity contribution in [1.82, 2.24) is 4.98 Å². The van der Waals surface area contributed by atoms with E-state index in [2.05, 4.69) is 69.1 Å². The van der Waals surface area contributed by atoms with Gasteiger partial charge in [-0.2, -0.15) is 0 Å². The summed E-state index contributed by atoms with van der Waals surface area (Å²) < 4.78 is 0. The molecule has 185 valence electrons. The maximum absolute atomic E-state index is 11.5. The molecule has 0 aliphatic carbocycles. The number of pyridine rings is 1. The van der Waals surface area contributed by atoms with Crippen molar-refractivity contribution in [3.63, 3.8) is 0 Å². The number of rotatable bonds is 2. The van der Waals surface area contributed by atoms with Crippen molar-refractivity contribution in [2.24, 2.45) is 10.8 Å². The summed E-state index contributed by atoms with van der Waals surface area (Å²) in [6.07, 6.45) is 3.29. The molecule has 0 amide bonds. The Morgan fingerprint density at radius 2 is 1.53 bits per heavy atom. The molecule has 0 unspecified atom stereocenters. The first-order valence-electron chi connectivity index (χ1n) is 11.4. The fraction of sp³-hybridized carbons (Fsp3) is 0.400. The zero-order valence-corrected chi connectivity index (χ0v) is 24.6. The topological polar surface area (TPSA) is 50.2 Å². The molecule has 0 saturated heterocycles. The minimum Gasteiger partial charge on any atom is -0.512 e. The number of aliphatic hydroxyl groups excluding tert-OH is 1. The predicted octanol–water partition coefficient (Wildman–Crippen LogP) is 8.02. The molecule has 1 radical (unpaired) electrons. The summed E-state index contributed by atoms with van der Waals surface area (Å²) in [6, 6.07) is 14.1. The molecule has 1 heterocycles. The number of nitrogens with zero attached hydrogens (tertiary/aromatic N) is 1. The van der Waals surface area contributed by atoms with Gasteiger partial charge in [-0.3, -0.25) is 4.79 Å². The molecular weight excluding hydrogens is 599 g/mol. The van der Waals surface area contributed by atoms with E-state index in [9.17, 15) is 9.90 Å². The summed E-state index contributed by atoms with van der Waals surface area (Å²) in [5.41, 5.74) is 6.34. The predicted molar refractivity (Wildman–Crippen MR) is 140 cm³/mol. The molecule has 2 aromatic carbocycles. The third kappa shape index (κ3) is 7.35. The minimum absolute atomic E-state index is 0. The van der Waals surface area contributed by atoms with Gasteiger partial charge in [0.05, 0.1) is 0 Å². The van der Waals surface area contributed by atoms with Crippen LogP contribution in [0, 0.1) is 44.6 Å². The standard InChI is InChI=1S/C19H18N.C11H20O2.Ir/c1-12-9-14(3)18(10-13(12)2)19-15(4)17-8-6-5-7-16(17)11-20-19;1-10(2,3)8(12)7-9(13)11(4,5)6;/h5-9,11H,1-4H3;7,12H,1-6H3;/q-1;;/b;8-7-;. The Labute approximate surface area is 219 Å². The van der Waals surface area contributed by atoms with Crippen LogP contribution in [0.3, 0.4) is 0 Å². The smallest absolute Gasteiger partial charge is 0.164 e. The Hall–Kier alpha value is -2.29. The maximum atomic E-state index is 11.5. The molecule has 0 saturated carbocycles. The van der Waals surface area contributed by atoms with Crippen LogP contribution in [-0.4, -0.2) is 15.9 Å². The zero-order chi connectivity index (χ0) is 25.1. The molecule has 3 aromatic rings. The van der Waals surface area contributed by atoms with Crippen molar-refractivity contribution in [3.8, 4) is 11.3 Å². The minimum atomic E-state index is -0.417. The van der Waals surface area contributed by atoms with Gasteiger partial charge in [0.15, 0.2) is 5.78 Å². The van der Waals surface area contributed by atoms with Gasteiger partial charge in [0.25, 0.3) is 0 Å². The van der Waals surface area contributed by atoms with Gasteiger partial charge < -0.3 is 10.1 Å². The van der Waals surface area contributed by atoms with Crippen LogP contribution in [0.15, 0.2) is 48.4 Å². The van der Waals surface area contributed by atoms with E-state index in [-0.39, 0.29) is 37.1 Å². The van der Waals surface area contributed by atoms with Crippen LogP contribution in [0.2, 0.25) is 0 Å². The third-order valence-electron chi connectivity index (χ3n) is 5.80. The van der Waals surface area contributed by atoms with Gasteiger partial charge in [-0.25, -0.2) is 0 Å². The van der Waals surface area contributed by atoms with Gasteiger partial charge in [-0.05, 0) is 23.4 Å². The third-order valence-corrected chi connectivity index (χ3v) is 5.80. The Morgan fingerprint density at radius 3 is 2.09 bits per heavy atom. The molecule has 3 nitrogen and oxygen atoms in total. The summed E-state index contributed by atoms with van der Waals surface area (Å²) in [6.45, 7) is 19.6. The summed E-state index contributed by atoms with van der Waals surface area (Å²) in [5.74, 6) is 0.104. The first-order chi connectivity index (χ1) is 15.1. The molecule has 0 aliphatic heterocycles. The molecule has 0 aliphatic rings. The molecular formula is C30H38IrNO2-. The molecule has 0 spiro atoms. The van der Waals surface area contributed by atoms with Gasteiger partial charge >= 0.3 is 0 Å². The molecule has 34 heavy (non-hydrogen) atoms. The summed E-state index contributed by atoms with van der Waals surface area (Å²) in [7, 11) is 0. The van der Waals surface area contributed by atoms with Gasteiger partial charge in [0.1, 0.15) is 5.76 Å². The first kappa shape index (κ1) is 29.7. The Morgan fingerprint density at radius 1 is 0.941 bits per heavy atom. The van der Waals surface area contributed by atoms with Gasteiger partial charge in [0, 0.05) is 43.2 Å². The number of carbonyl (C=O) groups excluding carboxylic acids is 1. The van der Waals surface area contributed by atoms with Crippen LogP contribution in [0.25, 0.3) is 22.0 Å². The van der Waals surface area contributed by atoms with Crippen molar-refractivity contribution < 1.29 is 30.0 Å². The number of aryl methyl sites for hydroxylation is 4. The number of ketones is 1. The summed E-state index contributed by atoms with van der Waals surface area (Å²) in [4.78, 5) is 16.2. The number of allylic oxidation sites excluding steroid dienone is 2. The maximum Gasteiger partial charge on any atom is 0.164 e. The van der Waals surface area contributed by atoms with Crippen molar-refractivity contribution in [1.29, 1.82) is 0 Å². The SMILES string of the molecule is CC(C)(C)C(=O)/C=C(\O)C(C)(C)C.Cc1[c-]c(-c2ncc3ccccc3c2C)c(C)cc1C.[Ir]. The number of fused-ring (bicyclic) bond motifs is 1. The fourth-order valence-electron chi connectivity index (χ4n) is 3.25. The Kier molecular flexibility index (Phi) is 9.99. The fourth-order valence-corrected chi connectivity index (χ4v) is 3.25. The van der Waals surface area contributed by atoms with Crippen LogP contribution in [0.4, 0.5) is 0 Å². The second-order valence-electron chi connectivity index (χ2n) is 10.8. The number of hydrogen-bond acceptors (Lipinski definition) is 3. The van der Waals surface area contributed by atoms with E-state index in [1.54, 1.807) is 0 Å². The van der Waals surface area contributed by atoms with Crippen molar-refractivity contribution in [2.75, 3.05) is 0 Å². The molecule has 1 aromatic heterocycles. The average molecular weight is 637 g/mol. The van der Waals surface area contributed by atoms with Crippen LogP contribution in [-0.2, 0) is 24.9 Å². The van der Waals surface area contributed by atoms with Crippen molar-refractivity contribution in [3.05, 3.63) is 76.7 Å². The van der Waals surface area contributed by atoms with E-state index in [0.717, 1.165) is 11.3 Å². The second-order valence-corrected chi connectivity index (χ2v) is 10.8. The summed E-state index contributed by atoms with van der Waals surface area (Å²) in [5, 5.41) is 12.0. The van der Waals surface area contributed by atoms with E-state index >= 15 is 0 Å². The largest absolute Gasteiger partial charge is 0.512 e. The Balaban J connectivity index is 0.000000364. The Bertz CT molecular complexity index is 1190. The zero-order valence-electron chi connectivity index (χ0n) is 22.2. The normalized spacial score (nSPS) is 12.0.